The van der Waals surface area contributed by atoms with Gasteiger partial charge in [-0.1, -0.05) is 29.8 Å². The van der Waals surface area contributed by atoms with E-state index in [9.17, 15) is 0 Å². The summed E-state index contributed by atoms with van der Waals surface area (Å²) in [5.74, 6) is 1.30. The van der Waals surface area contributed by atoms with Gasteiger partial charge in [0.05, 0.1) is 5.88 Å². The molecule has 0 N–H and O–H groups in total. The fourth-order valence-electron chi connectivity index (χ4n) is 1.55. The molecule has 0 aliphatic rings. The van der Waals surface area contributed by atoms with Crippen LogP contribution in [0.25, 0.3) is 0 Å². The smallest absolute Gasteiger partial charge is 0.132 e. The Labute approximate surface area is 100 Å². The molecule has 0 radical (unpaired) electrons. The number of benzene rings is 1. The van der Waals surface area contributed by atoms with Gasteiger partial charge in [-0.3, -0.25) is 0 Å². The van der Waals surface area contributed by atoms with E-state index >= 15 is 0 Å². The Morgan fingerprint density at radius 1 is 1.12 bits per heavy atom. The minimum atomic E-state index is 0.463. The fourth-order valence-corrected chi connectivity index (χ4v) is 1.68. The van der Waals surface area contributed by atoms with Crippen LogP contribution in [0, 0.1) is 6.92 Å². The summed E-state index contributed by atoms with van der Waals surface area (Å²) in [5.41, 5.74) is 3.45. The van der Waals surface area contributed by atoms with Crippen LogP contribution in [0.4, 0.5) is 0 Å². The van der Waals surface area contributed by atoms with E-state index in [4.69, 9.17) is 11.6 Å². The molecular weight excluding hydrogens is 220 g/mol. The second-order valence-corrected chi connectivity index (χ2v) is 4.07. The average Bonchev–Trinajstić information content (AvgIpc) is 2.30. The zero-order valence-corrected chi connectivity index (χ0v) is 9.91. The molecule has 1 heterocycles. The third kappa shape index (κ3) is 2.80. The first-order valence-electron chi connectivity index (χ1n) is 5.19. The Bertz CT molecular complexity index is 466. The number of aromatic nitrogens is 2. The van der Waals surface area contributed by atoms with Gasteiger partial charge < -0.3 is 0 Å². The van der Waals surface area contributed by atoms with Crippen LogP contribution in [0.15, 0.2) is 36.7 Å². The first-order chi connectivity index (χ1) is 7.78. The van der Waals surface area contributed by atoms with Crippen molar-refractivity contribution in [2.45, 2.75) is 19.2 Å². The minimum absolute atomic E-state index is 0.463. The van der Waals surface area contributed by atoms with Crippen molar-refractivity contribution in [2.75, 3.05) is 0 Å². The summed E-state index contributed by atoms with van der Waals surface area (Å²) in [5, 5.41) is 0. The number of alkyl halides is 1. The van der Waals surface area contributed by atoms with Crippen LogP contribution in [0.3, 0.4) is 0 Å². The van der Waals surface area contributed by atoms with Crippen molar-refractivity contribution in [1.82, 2.24) is 9.97 Å². The zero-order valence-electron chi connectivity index (χ0n) is 9.15. The molecule has 0 amide bonds. The molecule has 0 atom stereocenters. The Balaban J connectivity index is 2.14. The molecule has 0 aliphatic carbocycles. The molecule has 0 saturated carbocycles. The Hall–Kier alpha value is -1.41. The molecule has 2 rings (SSSR count). The summed E-state index contributed by atoms with van der Waals surface area (Å²) in [7, 11) is 0. The highest BCUT2D eigenvalue weighted by molar-refractivity contribution is 6.17. The molecule has 0 bridgehead atoms. The van der Waals surface area contributed by atoms with Crippen LogP contribution >= 0.6 is 11.6 Å². The van der Waals surface area contributed by atoms with E-state index in [0.29, 0.717) is 5.88 Å². The lowest BCUT2D eigenvalue weighted by Gasteiger charge is -2.02. The zero-order chi connectivity index (χ0) is 11.4. The van der Waals surface area contributed by atoms with E-state index < -0.39 is 0 Å². The van der Waals surface area contributed by atoms with Gasteiger partial charge in [0.2, 0.25) is 0 Å². The van der Waals surface area contributed by atoms with Gasteiger partial charge in [-0.25, -0.2) is 9.97 Å². The van der Waals surface area contributed by atoms with E-state index in [1.807, 2.05) is 0 Å². The molecular formula is C13H13ClN2. The van der Waals surface area contributed by atoms with Gasteiger partial charge >= 0.3 is 0 Å². The second-order valence-electron chi connectivity index (χ2n) is 3.81. The summed E-state index contributed by atoms with van der Waals surface area (Å²) in [6.45, 7) is 2.08. The average molecular weight is 233 g/mol. The van der Waals surface area contributed by atoms with Gasteiger partial charge in [0.15, 0.2) is 0 Å². The van der Waals surface area contributed by atoms with Crippen molar-refractivity contribution in [1.29, 1.82) is 0 Å². The number of hydrogen-bond acceptors (Lipinski definition) is 2. The SMILES string of the molecule is Cc1cccc(Cc2ncc(CCl)cn2)c1. The van der Waals surface area contributed by atoms with Crippen LogP contribution < -0.4 is 0 Å². The Morgan fingerprint density at radius 3 is 2.50 bits per heavy atom. The molecule has 0 spiro atoms. The maximum atomic E-state index is 5.68. The maximum Gasteiger partial charge on any atom is 0.132 e. The molecule has 0 aliphatic heterocycles. The lowest BCUT2D eigenvalue weighted by Crippen LogP contribution is -1.97. The lowest BCUT2D eigenvalue weighted by molar-refractivity contribution is 0.951. The van der Waals surface area contributed by atoms with Gasteiger partial charge in [0, 0.05) is 24.4 Å². The highest BCUT2D eigenvalue weighted by Crippen LogP contribution is 2.08. The highest BCUT2D eigenvalue weighted by atomic mass is 35.5. The summed E-state index contributed by atoms with van der Waals surface area (Å²) >= 11 is 5.68. The van der Waals surface area contributed by atoms with Crippen LogP contribution in [-0.2, 0) is 12.3 Å². The molecule has 2 aromatic rings. The molecule has 3 heteroatoms. The summed E-state index contributed by atoms with van der Waals surface area (Å²) in [4.78, 5) is 8.56. The number of nitrogens with zero attached hydrogens (tertiary/aromatic N) is 2. The van der Waals surface area contributed by atoms with E-state index in [1.54, 1.807) is 12.4 Å². The summed E-state index contributed by atoms with van der Waals surface area (Å²) in [6, 6.07) is 8.38. The monoisotopic (exact) mass is 232 g/mol. The third-order valence-electron chi connectivity index (χ3n) is 2.36. The van der Waals surface area contributed by atoms with Crippen molar-refractivity contribution < 1.29 is 0 Å². The normalized spacial score (nSPS) is 10.4. The predicted octanol–water partition coefficient (Wildman–Crippen LogP) is 3.11. The van der Waals surface area contributed by atoms with Gasteiger partial charge in [0.25, 0.3) is 0 Å². The van der Waals surface area contributed by atoms with Gasteiger partial charge in [-0.15, -0.1) is 11.6 Å². The van der Waals surface area contributed by atoms with Gasteiger partial charge in [-0.05, 0) is 12.5 Å². The maximum absolute atomic E-state index is 5.68. The number of aryl methyl sites for hydroxylation is 1. The molecule has 1 aromatic heterocycles. The third-order valence-corrected chi connectivity index (χ3v) is 2.67. The first-order valence-corrected chi connectivity index (χ1v) is 5.72. The molecule has 1 aromatic carbocycles. The number of hydrogen-bond donors (Lipinski definition) is 0. The first kappa shape index (κ1) is 11.1. The van der Waals surface area contributed by atoms with Crippen molar-refractivity contribution in [2.24, 2.45) is 0 Å². The molecule has 16 heavy (non-hydrogen) atoms. The Morgan fingerprint density at radius 2 is 1.88 bits per heavy atom. The standard InChI is InChI=1S/C13H13ClN2/c1-10-3-2-4-11(5-10)6-13-15-8-12(7-14)9-16-13/h2-5,8-9H,6-7H2,1H3. The molecule has 0 fully saturated rings. The van der Waals surface area contributed by atoms with Crippen LogP contribution in [-0.4, -0.2) is 9.97 Å². The van der Waals surface area contributed by atoms with E-state index in [-0.39, 0.29) is 0 Å². The fraction of sp³-hybridized carbons (Fsp3) is 0.231. The minimum Gasteiger partial charge on any atom is -0.241 e. The van der Waals surface area contributed by atoms with Crippen LogP contribution in [0.5, 0.6) is 0 Å². The largest absolute Gasteiger partial charge is 0.241 e. The van der Waals surface area contributed by atoms with E-state index in [1.165, 1.54) is 11.1 Å². The van der Waals surface area contributed by atoms with Gasteiger partial charge in [0.1, 0.15) is 5.82 Å². The topological polar surface area (TPSA) is 25.8 Å². The van der Waals surface area contributed by atoms with Crippen LogP contribution in [0.1, 0.15) is 22.5 Å². The van der Waals surface area contributed by atoms with Crippen LogP contribution in [0.2, 0.25) is 0 Å². The van der Waals surface area contributed by atoms with Crippen molar-refractivity contribution >= 4 is 11.6 Å². The lowest BCUT2D eigenvalue weighted by atomic mass is 10.1. The van der Waals surface area contributed by atoms with E-state index in [2.05, 4.69) is 41.2 Å². The molecule has 0 unspecified atom stereocenters. The van der Waals surface area contributed by atoms with Crippen molar-refractivity contribution in [3.63, 3.8) is 0 Å². The molecule has 82 valence electrons. The quantitative estimate of drug-likeness (QED) is 0.760. The van der Waals surface area contributed by atoms with Crippen molar-refractivity contribution in [3.05, 3.63) is 59.2 Å². The Kier molecular flexibility index (Phi) is 3.52. The highest BCUT2D eigenvalue weighted by Gasteiger charge is 1.99. The molecule has 2 nitrogen and oxygen atoms in total. The van der Waals surface area contributed by atoms with E-state index in [0.717, 1.165) is 17.8 Å². The molecule has 0 saturated heterocycles. The number of halogens is 1. The summed E-state index contributed by atoms with van der Waals surface area (Å²) in [6.07, 6.45) is 4.33. The number of rotatable bonds is 3. The van der Waals surface area contributed by atoms with Gasteiger partial charge in [-0.2, -0.15) is 0 Å². The second kappa shape index (κ2) is 5.08. The predicted molar refractivity (Wildman–Crippen MR) is 65.6 cm³/mol. The van der Waals surface area contributed by atoms with Crippen molar-refractivity contribution in [3.8, 4) is 0 Å². The summed E-state index contributed by atoms with van der Waals surface area (Å²) < 4.78 is 0.